The number of amides is 3. The van der Waals surface area contributed by atoms with Crippen LogP contribution in [-0.4, -0.2) is 77.2 Å². The highest BCUT2D eigenvalue weighted by Gasteiger charge is 2.72. The maximum absolute atomic E-state index is 14.9. The Morgan fingerprint density at radius 3 is 2.51 bits per heavy atom. The second-order valence-corrected chi connectivity index (χ2v) is 13.3. The summed E-state index contributed by atoms with van der Waals surface area (Å²) in [7, 11) is 0. The topological polar surface area (TPSA) is 125 Å². The van der Waals surface area contributed by atoms with Crippen molar-refractivity contribution in [2.75, 3.05) is 24.6 Å². The van der Waals surface area contributed by atoms with Crippen LogP contribution in [0.25, 0.3) is 0 Å². The molecule has 0 radical (unpaired) electrons. The van der Waals surface area contributed by atoms with E-state index < -0.39 is 53.6 Å². The van der Waals surface area contributed by atoms with Gasteiger partial charge < -0.3 is 29.7 Å². The van der Waals surface area contributed by atoms with Crippen LogP contribution < -0.4 is 10.2 Å². The van der Waals surface area contributed by atoms with Gasteiger partial charge in [0.2, 0.25) is 11.8 Å². The van der Waals surface area contributed by atoms with Gasteiger partial charge in [0.15, 0.2) is 0 Å². The molecule has 4 aliphatic rings. The van der Waals surface area contributed by atoms with Gasteiger partial charge in [0.1, 0.15) is 23.7 Å². The van der Waals surface area contributed by atoms with Gasteiger partial charge in [-0.1, -0.05) is 80.6 Å². The number of aryl methyl sites for hydroxylation is 2. The Bertz CT molecular complexity index is 1600. The van der Waals surface area contributed by atoms with Gasteiger partial charge in [-0.05, 0) is 48.9 Å². The lowest BCUT2D eigenvalue weighted by Gasteiger charge is -2.40. The SMILES string of the molecule is Cc1ccc(C)c(N2CC=C[C@@]34O[C@H]5/C=C\CCC(=O)NC[C@H](c6ccccc6)OC(=O)[C@H]5[C@@H]3C(=O)N([C@@H](CO)C(C)C)[C@H]4C2=O)c1. The zero-order valence-electron chi connectivity index (χ0n) is 27.3. The summed E-state index contributed by atoms with van der Waals surface area (Å²) in [5.74, 6) is -3.97. The number of carbonyl (C=O) groups is 4. The fraction of sp³-hybridized carbons (Fsp3) is 0.459. The molecule has 1 spiro atoms. The molecule has 0 saturated carbocycles. The van der Waals surface area contributed by atoms with E-state index in [4.69, 9.17) is 9.47 Å². The molecule has 7 atom stereocenters. The molecule has 3 amide bonds. The average molecular weight is 642 g/mol. The monoisotopic (exact) mass is 641 g/mol. The van der Waals surface area contributed by atoms with Crippen molar-refractivity contribution in [1.29, 1.82) is 0 Å². The number of fused-ring (bicyclic) bond motifs is 2. The second-order valence-electron chi connectivity index (χ2n) is 13.3. The molecule has 10 heteroatoms. The van der Waals surface area contributed by atoms with Gasteiger partial charge in [0.25, 0.3) is 5.91 Å². The van der Waals surface area contributed by atoms with Crippen molar-refractivity contribution in [3.63, 3.8) is 0 Å². The third-order valence-corrected chi connectivity index (χ3v) is 9.95. The Morgan fingerprint density at radius 1 is 1.02 bits per heavy atom. The fourth-order valence-corrected chi connectivity index (χ4v) is 7.55. The molecule has 2 N–H and O–H groups in total. The smallest absolute Gasteiger partial charge is 0.313 e. The number of allylic oxidation sites excluding steroid dienone is 1. The summed E-state index contributed by atoms with van der Waals surface area (Å²) in [6, 6.07) is 13.2. The molecule has 0 unspecified atom stereocenters. The van der Waals surface area contributed by atoms with E-state index in [1.165, 1.54) is 4.90 Å². The van der Waals surface area contributed by atoms with Crippen molar-refractivity contribution in [2.24, 2.45) is 17.8 Å². The lowest BCUT2D eigenvalue weighted by atomic mass is 9.77. The molecular weight excluding hydrogens is 598 g/mol. The van der Waals surface area contributed by atoms with E-state index in [2.05, 4.69) is 5.32 Å². The molecule has 2 aromatic carbocycles. The maximum atomic E-state index is 14.9. The Morgan fingerprint density at radius 2 is 1.79 bits per heavy atom. The number of hydrogen-bond donors (Lipinski definition) is 2. The van der Waals surface area contributed by atoms with Crippen LogP contribution in [0.1, 0.15) is 49.5 Å². The minimum Gasteiger partial charge on any atom is -0.455 e. The zero-order chi connectivity index (χ0) is 33.5. The molecular formula is C37H43N3O7. The van der Waals surface area contributed by atoms with Crippen LogP contribution in [0.15, 0.2) is 72.8 Å². The number of cyclic esters (lactones) is 1. The minimum atomic E-state index is -1.50. The molecule has 2 saturated heterocycles. The number of carbonyl (C=O) groups excluding carboxylic acids is 4. The number of nitrogens with one attached hydrogen (secondary N) is 1. The number of nitrogens with zero attached hydrogens (tertiary/aromatic N) is 2. The molecule has 2 fully saturated rings. The zero-order valence-corrected chi connectivity index (χ0v) is 27.3. The van der Waals surface area contributed by atoms with Crippen LogP contribution in [0.5, 0.6) is 0 Å². The Hall–Kier alpha value is -4.28. The van der Waals surface area contributed by atoms with Crippen LogP contribution >= 0.6 is 0 Å². The van der Waals surface area contributed by atoms with Crippen molar-refractivity contribution < 1.29 is 33.8 Å². The number of likely N-dealkylation sites (tertiary alicyclic amines) is 1. The predicted molar refractivity (Wildman–Crippen MR) is 175 cm³/mol. The third-order valence-electron chi connectivity index (χ3n) is 9.95. The van der Waals surface area contributed by atoms with Crippen LogP contribution in [-0.2, 0) is 28.7 Å². The summed E-state index contributed by atoms with van der Waals surface area (Å²) in [6.07, 6.45) is 6.06. The average Bonchev–Trinajstić information content (AvgIpc) is 3.43. The summed E-state index contributed by atoms with van der Waals surface area (Å²) < 4.78 is 13.0. The summed E-state index contributed by atoms with van der Waals surface area (Å²) in [5, 5.41) is 13.5. The maximum Gasteiger partial charge on any atom is 0.313 e. The summed E-state index contributed by atoms with van der Waals surface area (Å²) in [4.78, 5) is 59.8. The van der Waals surface area contributed by atoms with E-state index in [9.17, 15) is 24.3 Å². The number of anilines is 1. The summed E-state index contributed by atoms with van der Waals surface area (Å²) in [6.45, 7) is 7.63. The molecule has 4 heterocycles. The van der Waals surface area contributed by atoms with Crippen LogP contribution in [0.2, 0.25) is 0 Å². The van der Waals surface area contributed by atoms with Gasteiger partial charge in [-0.2, -0.15) is 0 Å². The highest BCUT2D eigenvalue weighted by molar-refractivity contribution is 6.06. The largest absolute Gasteiger partial charge is 0.455 e. The van der Waals surface area contributed by atoms with Gasteiger partial charge in [-0.25, -0.2) is 0 Å². The first kappa shape index (κ1) is 32.7. The quantitative estimate of drug-likeness (QED) is 0.378. The first-order chi connectivity index (χ1) is 22.6. The van der Waals surface area contributed by atoms with E-state index >= 15 is 0 Å². The van der Waals surface area contributed by atoms with Crippen LogP contribution in [0, 0.1) is 31.6 Å². The molecule has 6 rings (SSSR count). The van der Waals surface area contributed by atoms with Crippen molar-refractivity contribution in [2.45, 2.75) is 70.4 Å². The minimum absolute atomic E-state index is 0.0676. The molecule has 10 nitrogen and oxygen atoms in total. The number of aliphatic hydroxyl groups is 1. The number of hydrogen-bond acceptors (Lipinski definition) is 7. The first-order valence-corrected chi connectivity index (χ1v) is 16.4. The Kier molecular flexibility index (Phi) is 9.09. The van der Waals surface area contributed by atoms with E-state index in [1.807, 2.05) is 82.3 Å². The predicted octanol–water partition coefficient (Wildman–Crippen LogP) is 3.55. The Labute approximate surface area is 275 Å². The van der Waals surface area contributed by atoms with Crippen LogP contribution in [0.4, 0.5) is 5.69 Å². The molecule has 0 aliphatic carbocycles. The van der Waals surface area contributed by atoms with Crippen molar-refractivity contribution in [3.05, 3.63) is 89.5 Å². The second kappa shape index (κ2) is 13.1. The van der Waals surface area contributed by atoms with E-state index in [0.717, 1.165) is 16.8 Å². The molecule has 0 aromatic heterocycles. The third kappa shape index (κ3) is 5.78. The highest BCUT2D eigenvalue weighted by atomic mass is 16.6. The van der Waals surface area contributed by atoms with Gasteiger partial charge in [-0.3, -0.25) is 19.2 Å². The molecule has 47 heavy (non-hydrogen) atoms. The van der Waals surface area contributed by atoms with Gasteiger partial charge >= 0.3 is 5.97 Å². The number of esters is 1. The molecule has 2 aromatic rings. The van der Waals surface area contributed by atoms with Crippen molar-refractivity contribution in [1.82, 2.24) is 10.2 Å². The fourth-order valence-electron chi connectivity index (χ4n) is 7.55. The molecule has 4 aliphatic heterocycles. The van der Waals surface area contributed by atoms with Crippen LogP contribution in [0.3, 0.4) is 0 Å². The summed E-state index contributed by atoms with van der Waals surface area (Å²) >= 11 is 0. The molecule has 248 valence electrons. The van der Waals surface area contributed by atoms with Crippen molar-refractivity contribution >= 4 is 29.4 Å². The van der Waals surface area contributed by atoms with Gasteiger partial charge in [0.05, 0.1) is 31.2 Å². The van der Waals surface area contributed by atoms with Gasteiger partial charge in [0, 0.05) is 18.7 Å². The Balaban J connectivity index is 1.47. The standard InChI is InChI=1S/C37H43N3O7/c1-22(2)27(21-41)40-33-35(44)39(26-19-23(3)15-16-24(26)4)18-10-17-37(33)32(34(40)43)31-28(47-37)13-8-9-14-30(42)38-20-29(46-36(31)45)25-11-6-5-7-12-25/h5-8,10-13,15-17,19,22,27-29,31-33,41H,9,14,18,20-21H2,1-4H3,(H,38,42)/b13-8-/t27-,28-,29+,31+,32+,33-,37+/m0/s1. The number of aliphatic hydroxyl groups excluding tert-OH is 1. The lowest BCUT2D eigenvalue weighted by molar-refractivity contribution is -0.160. The van der Waals surface area contributed by atoms with Gasteiger partial charge in [-0.15, -0.1) is 0 Å². The lowest BCUT2D eigenvalue weighted by Crippen LogP contribution is -2.59. The van der Waals surface area contributed by atoms with Crippen molar-refractivity contribution in [3.8, 4) is 0 Å². The normalized spacial score (nSPS) is 30.8. The van der Waals surface area contributed by atoms with E-state index in [0.29, 0.717) is 12.0 Å². The molecule has 0 bridgehead atoms. The number of rotatable bonds is 5. The highest BCUT2D eigenvalue weighted by Crippen LogP contribution is 2.54. The number of benzene rings is 2. The van der Waals surface area contributed by atoms with E-state index in [1.54, 1.807) is 23.1 Å². The summed E-state index contributed by atoms with van der Waals surface area (Å²) in [5.41, 5.74) is 1.81. The number of ether oxygens (including phenoxy) is 2. The first-order valence-electron chi connectivity index (χ1n) is 16.4. The van der Waals surface area contributed by atoms with E-state index in [-0.39, 0.29) is 43.8 Å².